The molecule has 0 unspecified atom stereocenters. The van der Waals surface area contributed by atoms with Crippen LogP contribution in [-0.4, -0.2) is 21.3 Å². The van der Waals surface area contributed by atoms with E-state index in [-0.39, 0.29) is 6.42 Å². The second-order valence-electron chi connectivity index (χ2n) is 9.75. The quantitative estimate of drug-likeness (QED) is 0.208. The molecule has 1 aliphatic heterocycles. The van der Waals surface area contributed by atoms with E-state index in [0.717, 1.165) is 51.0 Å². The highest BCUT2D eigenvalue weighted by Gasteiger charge is 2.57. The van der Waals surface area contributed by atoms with Crippen molar-refractivity contribution in [1.29, 1.82) is 0 Å². The monoisotopic (exact) mass is 487 g/mol. The molecule has 0 saturated carbocycles. The summed E-state index contributed by atoms with van der Waals surface area (Å²) in [5, 5.41) is 26.8. The number of hydrogen-bond donors (Lipinski definition) is 1. The highest BCUT2D eigenvalue weighted by atomic mass is 16.5. The Balaban J connectivity index is 1.84. The number of aliphatic hydroxyl groups is 1. The van der Waals surface area contributed by atoms with Gasteiger partial charge in [0.1, 0.15) is 5.92 Å². The van der Waals surface area contributed by atoms with Crippen LogP contribution < -0.4 is 0 Å². The molecule has 4 aromatic carbocycles. The van der Waals surface area contributed by atoms with E-state index in [1.54, 1.807) is 0 Å². The van der Waals surface area contributed by atoms with Gasteiger partial charge >= 0.3 is 0 Å². The summed E-state index contributed by atoms with van der Waals surface area (Å²) in [4.78, 5) is 0. The zero-order chi connectivity index (χ0) is 25.7. The zero-order valence-electron chi connectivity index (χ0n) is 21.3. The van der Waals surface area contributed by atoms with Crippen molar-refractivity contribution in [2.75, 3.05) is 0 Å². The minimum absolute atomic E-state index is 0.229. The second kappa shape index (κ2) is 11.0. The molecule has 0 spiro atoms. The van der Waals surface area contributed by atoms with Gasteiger partial charge in [-0.15, -0.1) is 0 Å². The summed E-state index contributed by atoms with van der Waals surface area (Å²) in [5.74, 6) is -0.520. The molecule has 0 fully saturated rings. The minimum atomic E-state index is -1.66. The summed E-state index contributed by atoms with van der Waals surface area (Å²) in [6, 6.07) is 40.4. The lowest BCUT2D eigenvalue weighted by Crippen LogP contribution is -2.44. The van der Waals surface area contributed by atoms with Gasteiger partial charge in [0, 0.05) is 12.0 Å². The maximum absolute atomic E-state index is 14.3. The van der Waals surface area contributed by atoms with Gasteiger partial charge in [-0.3, -0.25) is 0 Å². The Kier molecular flexibility index (Phi) is 7.34. The third-order valence-corrected chi connectivity index (χ3v) is 7.26. The van der Waals surface area contributed by atoms with Crippen LogP contribution in [0.2, 0.25) is 0 Å². The van der Waals surface area contributed by atoms with Crippen LogP contribution in [-0.2, 0) is 6.42 Å². The molecule has 186 valence electrons. The molecule has 1 N–H and O–H groups in total. The van der Waals surface area contributed by atoms with Crippen molar-refractivity contribution in [3.05, 3.63) is 154 Å². The van der Waals surface area contributed by atoms with Crippen LogP contribution in [0.1, 0.15) is 54.4 Å². The van der Waals surface area contributed by atoms with E-state index in [1.165, 1.54) is 0 Å². The molecule has 4 aromatic rings. The van der Waals surface area contributed by atoms with Gasteiger partial charge in [-0.25, -0.2) is 0 Å². The fourth-order valence-corrected chi connectivity index (χ4v) is 5.56. The summed E-state index contributed by atoms with van der Waals surface area (Å²) in [5.41, 5.74) is 4.90. The van der Waals surface area contributed by atoms with Crippen LogP contribution in [0.25, 0.3) is 5.57 Å². The molecule has 37 heavy (non-hydrogen) atoms. The normalized spacial score (nSPS) is 19.3. The number of hydrogen-bond acceptors (Lipinski definition) is 2. The third kappa shape index (κ3) is 4.87. The average molecular weight is 488 g/mol. The molecule has 2 atom stereocenters. The molecule has 0 saturated heterocycles. The SMILES string of the molecule is CCCCC1=[N+]([O-])[C@@](O)(Cc2ccccc2)[C@H](c2ccccc2)C1=C(c1ccccc1)c1ccccc1. The van der Waals surface area contributed by atoms with Crippen LogP contribution >= 0.6 is 0 Å². The smallest absolute Gasteiger partial charge is 0.290 e. The van der Waals surface area contributed by atoms with Gasteiger partial charge in [0.15, 0.2) is 5.71 Å². The topological polar surface area (TPSA) is 46.3 Å². The molecule has 3 heteroatoms. The molecule has 1 heterocycles. The minimum Gasteiger partial charge on any atom is -0.621 e. The Morgan fingerprint density at radius 3 is 1.76 bits per heavy atom. The number of benzene rings is 4. The molecule has 0 aliphatic carbocycles. The summed E-state index contributed by atoms with van der Waals surface area (Å²) >= 11 is 0. The van der Waals surface area contributed by atoms with Gasteiger partial charge in [0.2, 0.25) is 0 Å². The van der Waals surface area contributed by atoms with E-state index in [0.29, 0.717) is 12.1 Å². The summed E-state index contributed by atoms with van der Waals surface area (Å²) in [7, 11) is 0. The molecular formula is C34H33NO2. The van der Waals surface area contributed by atoms with Crippen molar-refractivity contribution in [2.45, 2.75) is 44.2 Å². The predicted molar refractivity (Wildman–Crippen MR) is 151 cm³/mol. The Morgan fingerprint density at radius 1 is 0.757 bits per heavy atom. The van der Waals surface area contributed by atoms with E-state index in [4.69, 9.17) is 0 Å². The summed E-state index contributed by atoms with van der Waals surface area (Å²) in [6.45, 7) is 2.13. The first kappa shape index (κ1) is 24.7. The molecule has 0 radical (unpaired) electrons. The maximum atomic E-state index is 14.3. The Bertz CT molecular complexity index is 1340. The molecule has 1 aliphatic rings. The van der Waals surface area contributed by atoms with Gasteiger partial charge in [-0.1, -0.05) is 135 Å². The lowest BCUT2D eigenvalue weighted by atomic mass is 9.76. The first-order chi connectivity index (χ1) is 18.1. The summed E-state index contributed by atoms with van der Waals surface area (Å²) in [6.07, 6.45) is 2.67. The summed E-state index contributed by atoms with van der Waals surface area (Å²) < 4.78 is 0.939. The van der Waals surface area contributed by atoms with Gasteiger partial charge in [0.05, 0.1) is 6.42 Å². The number of hydroxylamine groups is 1. The van der Waals surface area contributed by atoms with Crippen LogP contribution in [0.15, 0.2) is 127 Å². The van der Waals surface area contributed by atoms with Gasteiger partial charge in [-0.05, 0) is 34.2 Å². The largest absolute Gasteiger partial charge is 0.621 e. The molecular weight excluding hydrogens is 454 g/mol. The molecule has 0 bridgehead atoms. The van der Waals surface area contributed by atoms with Crippen LogP contribution in [0.3, 0.4) is 0 Å². The van der Waals surface area contributed by atoms with Gasteiger partial charge in [0.25, 0.3) is 5.72 Å². The van der Waals surface area contributed by atoms with Crippen molar-refractivity contribution in [2.24, 2.45) is 0 Å². The van der Waals surface area contributed by atoms with Crippen molar-refractivity contribution in [1.82, 2.24) is 0 Å². The van der Waals surface area contributed by atoms with Gasteiger partial charge in [-0.2, -0.15) is 4.74 Å². The van der Waals surface area contributed by atoms with Crippen LogP contribution in [0, 0.1) is 5.21 Å². The lowest BCUT2D eigenvalue weighted by Gasteiger charge is -2.29. The second-order valence-corrected chi connectivity index (χ2v) is 9.75. The first-order valence-electron chi connectivity index (χ1n) is 13.1. The average Bonchev–Trinajstić information content (AvgIpc) is 3.15. The first-order valence-corrected chi connectivity index (χ1v) is 13.1. The molecule has 5 rings (SSSR count). The Morgan fingerprint density at radius 2 is 1.24 bits per heavy atom. The van der Waals surface area contributed by atoms with E-state index >= 15 is 0 Å². The third-order valence-electron chi connectivity index (χ3n) is 7.26. The van der Waals surface area contributed by atoms with E-state index in [9.17, 15) is 10.3 Å². The Labute approximate surface area is 219 Å². The highest BCUT2D eigenvalue weighted by molar-refractivity contribution is 6.09. The van der Waals surface area contributed by atoms with E-state index in [1.807, 2.05) is 97.1 Å². The number of unbranched alkanes of at least 4 members (excludes halogenated alkanes) is 1. The van der Waals surface area contributed by atoms with Crippen molar-refractivity contribution in [3.8, 4) is 0 Å². The fourth-order valence-electron chi connectivity index (χ4n) is 5.56. The number of nitrogens with zero attached hydrogens (tertiary/aromatic N) is 1. The predicted octanol–water partition coefficient (Wildman–Crippen LogP) is 7.36. The Hall–Kier alpha value is -3.95. The zero-order valence-corrected chi connectivity index (χ0v) is 21.3. The molecule has 0 amide bonds. The molecule has 3 nitrogen and oxygen atoms in total. The lowest BCUT2D eigenvalue weighted by molar-refractivity contribution is -0.602. The van der Waals surface area contributed by atoms with Crippen molar-refractivity contribution >= 4 is 11.3 Å². The van der Waals surface area contributed by atoms with E-state index < -0.39 is 11.6 Å². The van der Waals surface area contributed by atoms with E-state index in [2.05, 4.69) is 31.2 Å². The molecule has 0 aromatic heterocycles. The highest BCUT2D eigenvalue weighted by Crippen LogP contribution is 2.48. The fraction of sp³-hybridized carbons (Fsp3) is 0.206. The number of rotatable bonds is 8. The van der Waals surface area contributed by atoms with Crippen LogP contribution in [0.5, 0.6) is 0 Å². The van der Waals surface area contributed by atoms with Crippen molar-refractivity contribution < 1.29 is 9.85 Å². The van der Waals surface area contributed by atoms with Crippen LogP contribution in [0.4, 0.5) is 0 Å². The standard InChI is InChI=1S/C34H33NO2/c1-2-3-24-30-32(31(27-18-10-5-11-19-27)28-20-12-6-13-21-28)33(29-22-14-7-15-23-29)34(36,35(30)37)25-26-16-8-4-9-17-26/h4-23,33,36H,2-3,24-25H2,1H3/t33-,34-/m1/s1. The van der Waals surface area contributed by atoms with Gasteiger partial charge < -0.3 is 10.3 Å². The maximum Gasteiger partial charge on any atom is 0.290 e. The van der Waals surface area contributed by atoms with Crippen molar-refractivity contribution in [3.63, 3.8) is 0 Å².